The highest BCUT2D eigenvalue weighted by Crippen LogP contribution is 2.12. The Morgan fingerprint density at radius 2 is 1.50 bits per heavy atom. The summed E-state index contributed by atoms with van der Waals surface area (Å²) in [7, 11) is -2.29. The van der Waals surface area contributed by atoms with Gasteiger partial charge < -0.3 is 13.7 Å². The summed E-state index contributed by atoms with van der Waals surface area (Å²) in [5.74, 6) is 0. The van der Waals surface area contributed by atoms with Crippen LogP contribution in [0.1, 0.15) is 34.1 Å². The maximum atomic E-state index is 5.69. The molecule has 0 bridgehead atoms. The van der Waals surface area contributed by atoms with Gasteiger partial charge in [-0.05, 0) is 20.8 Å². The first-order chi connectivity index (χ1) is 6.74. The zero-order chi connectivity index (χ0) is 10.9. The smallest absolute Gasteiger partial charge is 0.382 e. The minimum Gasteiger partial charge on any atom is -0.382 e. The molecule has 0 atom stereocenters. The summed E-state index contributed by atoms with van der Waals surface area (Å²) in [6.07, 6.45) is 1.03. The van der Waals surface area contributed by atoms with Crippen molar-refractivity contribution in [3.8, 4) is 0 Å². The Kier molecular flexibility index (Phi) is 8.41. The molecule has 0 saturated heterocycles. The number of rotatable bonds is 9. The third-order valence-electron chi connectivity index (χ3n) is 1.71. The Morgan fingerprint density at radius 3 is 1.86 bits per heavy atom. The van der Waals surface area contributed by atoms with E-state index in [2.05, 4.69) is 12.1 Å². The molecular formula is C9H23NO3Si. The molecule has 4 nitrogen and oxygen atoms in total. The molecule has 0 radical (unpaired) electrons. The van der Waals surface area contributed by atoms with Crippen LogP contribution in [-0.2, 0) is 13.7 Å². The van der Waals surface area contributed by atoms with Gasteiger partial charge in [0.05, 0.1) is 6.61 Å². The van der Waals surface area contributed by atoms with Gasteiger partial charge in [0, 0.05) is 19.3 Å². The molecule has 86 valence electrons. The second-order valence-corrected chi connectivity index (χ2v) is 5.69. The topological polar surface area (TPSA) is 39.7 Å². The number of nitrogens with one attached hydrogen (secondary N) is 1. The zero-order valence-corrected chi connectivity index (χ0v) is 10.8. The highest BCUT2D eigenvalue weighted by atomic mass is 28.4. The Balaban J connectivity index is 4.21. The molecular weight excluding hydrogens is 198 g/mol. The van der Waals surface area contributed by atoms with E-state index >= 15 is 0 Å². The lowest BCUT2D eigenvalue weighted by molar-refractivity contribution is 0.0396. The summed E-state index contributed by atoms with van der Waals surface area (Å²) < 4.78 is 11.4. The summed E-state index contributed by atoms with van der Waals surface area (Å²) in [6.45, 7) is 9.95. The van der Waals surface area contributed by atoms with Crippen LogP contribution in [0.25, 0.3) is 0 Å². The van der Waals surface area contributed by atoms with Gasteiger partial charge in [0.1, 0.15) is 0 Å². The quantitative estimate of drug-likeness (QED) is 0.477. The van der Waals surface area contributed by atoms with E-state index in [1.54, 1.807) is 0 Å². The van der Waals surface area contributed by atoms with E-state index in [1.807, 2.05) is 20.8 Å². The van der Waals surface area contributed by atoms with Crippen LogP contribution in [0.15, 0.2) is 0 Å². The lowest BCUT2D eigenvalue weighted by Crippen LogP contribution is -2.56. The van der Waals surface area contributed by atoms with Crippen molar-refractivity contribution in [1.82, 2.24) is 5.15 Å². The molecule has 0 aliphatic carbocycles. The maximum absolute atomic E-state index is 5.69. The van der Waals surface area contributed by atoms with E-state index < -0.39 is 8.72 Å². The summed E-state index contributed by atoms with van der Waals surface area (Å²) in [5, 5.41) is 2.98. The fourth-order valence-corrected chi connectivity index (χ4v) is 3.82. The van der Waals surface area contributed by atoms with Crippen molar-refractivity contribution in [2.24, 2.45) is 0 Å². The molecule has 0 rings (SSSR count). The average Bonchev–Trinajstić information content (AvgIpc) is 2.16. The van der Waals surface area contributed by atoms with Crippen LogP contribution in [0.4, 0.5) is 0 Å². The van der Waals surface area contributed by atoms with Crippen LogP contribution in [-0.4, -0.2) is 28.5 Å². The lowest BCUT2D eigenvalue weighted by Gasteiger charge is -2.29. The largest absolute Gasteiger partial charge is 0.448 e. The van der Waals surface area contributed by atoms with Crippen LogP contribution >= 0.6 is 0 Å². The van der Waals surface area contributed by atoms with Crippen LogP contribution in [0, 0.1) is 0 Å². The molecule has 0 heterocycles. The van der Waals surface area contributed by atoms with Gasteiger partial charge in [-0.2, -0.15) is 5.15 Å². The second kappa shape index (κ2) is 8.37. The molecule has 0 fully saturated rings. The minimum atomic E-state index is -2.29. The number of hydrogen-bond acceptors (Lipinski definition) is 4. The molecule has 0 spiro atoms. The van der Waals surface area contributed by atoms with Crippen LogP contribution in [0.2, 0.25) is 6.04 Å². The van der Waals surface area contributed by atoms with Gasteiger partial charge in [-0.3, -0.25) is 0 Å². The maximum Gasteiger partial charge on any atom is 0.448 e. The van der Waals surface area contributed by atoms with E-state index in [4.69, 9.17) is 13.7 Å². The van der Waals surface area contributed by atoms with Crippen LogP contribution in [0.5, 0.6) is 0 Å². The summed E-state index contributed by atoms with van der Waals surface area (Å²) in [5.41, 5.74) is 0. The molecule has 0 amide bonds. The Labute approximate surface area is 88.2 Å². The van der Waals surface area contributed by atoms with E-state index in [0.29, 0.717) is 19.8 Å². The fraction of sp³-hybridized carbons (Fsp3) is 1.00. The van der Waals surface area contributed by atoms with E-state index in [0.717, 1.165) is 12.5 Å². The van der Waals surface area contributed by atoms with Gasteiger partial charge in [-0.25, -0.2) is 0 Å². The molecule has 5 heteroatoms. The van der Waals surface area contributed by atoms with E-state index in [-0.39, 0.29) is 0 Å². The summed E-state index contributed by atoms with van der Waals surface area (Å²) in [6, 6.07) is 0.911. The van der Waals surface area contributed by atoms with Crippen molar-refractivity contribution in [2.75, 3.05) is 19.8 Å². The first-order valence-corrected chi connectivity index (χ1v) is 7.43. The predicted octanol–water partition coefficient (Wildman–Crippen LogP) is 1.95. The standard InChI is InChI=1S/C9H23NO3Si/c1-5-9-14(12-7-3,13-8-4)10-11-6-2/h10H,5-9H2,1-4H3. The molecule has 0 aromatic carbocycles. The molecule has 0 unspecified atom stereocenters. The normalized spacial score (nSPS) is 12.0. The van der Waals surface area contributed by atoms with E-state index in [9.17, 15) is 0 Å². The van der Waals surface area contributed by atoms with Crippen molar-refractivity contribution in [3.05, 3.63) is 0 Å². The molecule has 14 heavy (non-hydrogen) atoms. The van der Waals surface area contributed by atoms with Crippen molar-refractivity contribution in [1.29, 1.82) is 0 Å². The Bertz CT molecular complexity index is 118. The highest BCUT2D eigenvalue weighted by molar-refractivity contribution is 6.64. The Morgan fingerprint density at radius 1 is 0.929 bits per heavy atom. The van der Waals surface area contributed by atoms with Gasteiger partial charge in [0.15, 0.2) is 0 Å². The van der Waals surface area contributed by atoms with Crippen LogP contribution in [0.3, 0.4) is 0 Å². The molecule has 0 saturated carbocycles. The first-order valence-electron chi connectivity index (χ1n) is 5.41. The van der Waals surface area contributed by atoms with Gasteiger partial charge in [-0.1, -0.05) is 13.3 Å². The van der Waals surface area contributed by atoms with Gasteiger partial charge in [0.25, 0.3) is 0 Å². The fourth-order valence-electron chi connectivity index (χ4n) is 1.27. The summed E-state index contributed by atoms with van der Waals surface area (Å²) in [4.78, 5) is 5.22. The third-order valence-corrected chi connectivity index (χ3v) is 4.83. The van der Waals surface area contributed by atoms with Gasteiger partial charge in [-0.15, -0.1) is 0 Å². The van der Waals surface area contributed by atoms with Crippen molar-refractivity contribution in [3.63, 3.8) is 0 Å². The molecule has 1 N–H and O–H groups in total. The van der Waals surface area contributed by atoms with Crippen molar-refractivity contribution in [2.45, 2.75) is 40.2 Å². The van der Waals surface area contributed by atoms with E-state index in [1.165, 1.54) is 0 Å². The van der Waals surface area contributed by atoms with Gasteiger partial charge >= 0.3 is 8.72 Å². The van der Waals surface area contributed by atoms with Crippen LogP contribution < -0.4 is 5.15 Å². The lowest BCUT2D eigenvalue weighted by atomic mass is 10.6. The molecule has 0 aromatic heterocycles. The highest BCUT2D eigenvalue weighted by Gasteiger charge is 2.37. The first kappa shape index (κ1) is 14.1. The average molecular weight is 221 g/mol. The zero-order valence-electron chi connectivity index (χ0n) is 9.76. The Hall–Kier alpha value is 0.0569. The predicted molar refractivity (Wildman–Crippen MR) is 58.9 cm³/mol. The third kappa shape index (κ3) is 5.07. The van der Waals surface area contributed by atoms with Crippen molar-refractivity contribution < 1.29 is 13.7 Å². The summed E-state index contributed by atoms with van der Waals surface area (Å²) >= 11 is 0. The number of hydrogen-bond donors (Lipinski definition) is 1. The monoisotopic (exact) mass is 221 g/mol. The molecule has 0 aliphatic rings. The van der Waals surface area contributed by atoms with Gasteiger partial charge in [0.2, 0.25) is 0 Å². The second-order valence-electron chi connectivity index (χ2n) is 2.90. The SMILES string of the molecule is CCC[Si](NOCC)(OCC)OCC. The minimum absolute atomic E-state index is 0.624. The molecule has 0 aromatic rings. The molecule has 0 aliphatic heterocycles. The van der Waals surface area contributed by atoms with Crippen molar-refractivity contribution >= 4 is 8.72 Å².